The van der Waals surface area contributed by atoms with Crippen LogP contribution < -0.4 is 5.32 Å². The molecule has 0 saturated heterocycles. The van der Waals surface area contributed by atoms with E-state index in [1.165, 1.54) is 54.2 Å². The normalized spacial score (nSPS) is 24.6. The molecule has 1 aliphatic rings. The van der Waals surface area contributed by atoms with Crippen molar-refractivity contribution in [1.82, 2.24) is 0 Å². The summed E-state index contributed by atoms with van der Waals surface area (Å²) in [4.78, 5) is 0. The van der Waals surface area contributed by atoms with E-state index in [1.807, 2.05) is 0 Å². The molecule has 1 fully saturated rings. The third kappa shape index (κ3) is 3.74. The summed E-state index contributed by atoms with van der Waals surface area (Å²) in [5.74, 6) is 0.957. The summed E-state index contributed by atoms with van der Waals surface area (Å²) >= 11 is 3.66. The zero-order chi connectivity index (χ0) is 13.0. The van der Waals surface area contributed by atoms with Gasteiger partial charge in [0.1, 0.15) is 0 Å². The van der Waals surface area contributed by atoms with Crippen LogP contribution in [0.15, 0.2) is 22.7 Å². The van der Waals surface area contributed by atoms with Gasteiger partial charge in [-0.15, -0.1) is 0 Å². The van der Waals surface area contributed by atoms with Gasteiger partial charge in [-0.25, -0.2) is 0 Å². The molecule has 100 valence electrons. The summed E-state index contributed by atoms with van der Waals surface area (Å²) in [5.41, 5.74) is 2.56. The van der Waals surface area contributed by atoms with Crippen LogP contribution in [0, 0.1) is 12.8 Å². The summed E-state index contributed by atoms with van der Waals surface area (Å²) in [6.45, 7) is 4.46. The quantitative estimate of drug-likeness (QED) is 0.724. The number of aryl methyl sites for hydroxylation is 1. The maximum absolute atomic E-state index is 3.71. The fourth-order valence-corrected chi connectivity index (χ4v) is 3.50. The zero-order valence-corrected chi connectivity index (χ0v) is 13.1. The molecular weight excluding hydrogens is 286 g/mol. The van der Waals surface area contributed by atoms with E-state index < -0.39 is 0 Å². The van der Waals surface area contributed by atoms with E-state index in [4.69, 9.17) is 0 Å². The van der Waals surface area contributed by atoms with Gasteiger partial charge in [0.2, 0.25) is 0 Å². The third-order valence-electron chi connectivity index (χ3n) is 4.15. The van der Waals surface area contributed by atoms with Crippen molar-refractivity contribution in [2.75, 3.05) is 5.32 Å². The number of hydrogen-bond acceptors (Lipinski definition) is 1. The van der Waals surface area contributed by atoms with Gasteiger partial charge in [-0.1, -0.05) is 32.3 Å². The molecule has 0 heterocycles. The molecule has 0 spiro atoms. The second-order valence-electron chi connectivity index (χ2n) is 5.61. The van der Waals surface area contributed by atoms with E-state index in [0.717, 1.165) is 5.92 Å². The highest BCUT2D eigenvalue weighted by molar-refractivity contribution is 9.10. The predicted octanol–water partition coefficient (Wildman–Crippen LogP) is 5.53. The maximum Gasteiger partial charge on any atom is 0.0486 e. The Hall–Kier alpha value is -0.500. The van der Waals surface area contributed by atoms with E-state index in [1.54, 1.807) is 0 Å². The van der Waals surface area contributed by atoms with Crippen molar-refractivity contribution >= 4 is 21.6 Å². The Morgan fingerprint density at radius 2 is 2.06 bits per heavy atom. The average molecular weight is 310 g/mol. The number of halogens is 1. The molecular formula is C16H24BrN. The summed E-state index contributed by atoms with van der Waals surface area (Å²) < 4.78 is 1.19. The van der Waals surface area contributed by atoms with Gasteiger partial charge in [-0.05, 0) is 65.7 Å². The number of nitrogens with one attached hydrogen (secondary N) is 1. The van der Waals surface area contributed by atoms with Crippen LogP contribution in [-0.4, -0.2) is 6.04 Å². The van der Waals surface area contributed by atoms with Crippen LogP contribution in [0.1, 0.15) is 51.0 Å². The van der Waals surface area contributed by atoms with E-state index in [2.05, 4.69) is 53.3 Å². The summed E-state index contributed by atoms with van der Waals surface area (Å²) in [6, 6.07) is 7.22. The number of hydrogen-bond donors (Lipinski definition) is 1. The monoisotopic (exact) mass is 309 g/mol. The number of rotatable bonds is 3. The first kappa shape index (κ1) is 13.9. The molecule has 1 nitrogen and oxygen atoms in total. The van der Waals surface area contributed by atoms with E-state index >= 15 is 0 Å². The Bertz CT molecular complexity index is 389. The van der Waals surface area contributed by atoms with Crippen LogP contribution in [0.4, 0.5) is 5.69 Å². The van der Waals surface area contributed by atoms with Crippen molar-refractivity contribution in [3.8, 4) is 0 Å². The standard InChI is InChI=1S/C16H24BrN/c1-3-13-5-4-6-14(9-8-13)18-16-10-7-12(2)11-15(16)17/h7,10-11,13-14,18H,3-6,8-9H2,1-2H3. The Morgan fingerprint density at radius 1 is 1.22 bits per heavy atom. The largest absolute Gasteiger partial charge is 0.381 e. The van der Waals surface area contributed by atoms with Gasteiger partial charge in [0.15, 0.2) is 0 Å². The van der Waals surface area contributed by atoms with Crippen LogP contribution in [0.5, 0.6) is 0 Å². The number of benzene rings is 1. The highest BCUT2D eigenvalue weighted by Gasteiger charge is 2.18. The summed E-state index contributed by atoms with van der Waals surface area (Å²) in [5, 5.41) is 3.71. The lowest BCUT2D eigenvalue weighted by Crippen LogP contribution is -2.18. The van der Waals surface area contributed by atoms with Crippen molar-refractivity contribution in [2.45, 2.75) is 58.4 Å². The molecule has 1 aromatic carbocycles. The minimum atomic E-state index is 0.653. The lowest BCUT2D eigenvalue weighted by molar-refractivity contribution is 0.444. The highest BCUT2D eigenvalue weighted by atomic mass is 79.9. The van der Waals surface area contributed by atoms with Crippen molar-refractivity contribution < 1.29 is 0 Å². The van der Waals surface area contributed by atoms with Crippen molar-refractivity contribution in [1.29, 1.82) is 0 Å². The van der Waals surface area contributed by atoms with Gasteiger partial charge in [0, 0.05) is 16.2 Å². The first-order chi connectivity index (χ1) is 8.69. The molecule has 1 aliphatic carbocycles. The van der Waals surface area contributed by atoms with E-state index in [0.29, 0.717) is 6.04 Å². The molecule has 2 rings (SSSR count). The fraction of sp³-hybridized carbons (Fsp3) is 0.625. The summed E-state index contributed by atoms with van der Waals surface area (Å²) in [7, 11) is 0. The second kappa shape index (κ2) is 6.60. The van der Waals surface area contributed by atoms with Gasteiger partial charge in [0.05, 0.1) is 0 Å². The first-order valence-corrected chi connectivity index (χ1v) is 8.01. The Morgan fingerprint density at radius 3 is 2.78 bits per heavy atom. The molecule has 0 aliphatic heterocycles. The lowest BCUT2D eigenvalue weighted by atomic mass is 9.98. The third-order valence-corrected chi connectivity index (χ3v) is 4.81. The molecule has 2 atom stereocenters. The van der Waals surface area contributed by atoms with Crippen molar-refractivity contribution in [2.24, 2.45) is 5.92 Å². The molecule has 1 N–H and O–H groups in total. The fourth-order valence-electron chi connectivity index (χ4n) is 2.89. The topological polar surface area (TPSA) is 12.0 Å². The molecule has 2 heteroatoms. The molecule has 0 radical (unpaired) electrons. The van der Waals surface area contributed by atoms with Crippen LogP contribution >= 0.6 is 15.9 Å². The molecule has 1 saturated carbocycles. The first-order valence-electron chi connectivity index (χ1n) is 7.21. The van der Waals surface area contributed by atoms with Crippen LogP contribution in [-0.2, 0) is 0 Å². The van der Waals surface area contributed by atoms with Crippen molar-refractivity contribution in [3.63, 3.8) is 0 Å². The predicted molar refractivity (Wildman–Crippen MR) is 83.2 cm³/mol. The van der Waals surface area contributed by atoms with Crippen molar-refractivity contribution in [3.05, 3.63) is 28.2 Å². The Kier molecular flexibility index (Phi) is 5.11. The Labute approximate surface area is 119 Å². The van der Waals surface area contributed by atoms with Gasteiger partial charge < -0.3 is 5.32 Å². The Balaban J connectivity index is 1.96. The number of anilines is 1. The summed E-state index contributed by atoms with van der Waals surface area (Å²) in [6.07, 6.45) is 8.16. The van der Waals surface area contributed by atoms with Gasteiger partial charge >= 0.3 is 0 Å². The molecule has 0 amide bonds. The van der Waals surface area contributed by atoms with Crippen LogP contribution in [0.25, 0.3) is 0 Å². The van der Waals surface area contributed by atoms with Gasteiger partial charge in [0.25, 0.3) is 0 Å². The van der Waals surface area contributed by atoms with Crippen LogP contribution in [0.3, 0.4) is 0 Å². The minimum absolute atomic E-state index is 0.653. The van der Waals surface area contributed by atoms with E-state index in [-0.39, 0.29) is 0 Å². The smallest absolute Gasteiger partial charge is 0.0486 e. The van der Waals surface area contributed by atoms with E-state index in [9.17, 15) is 0 Å². The minimum Gasteiger partial charge on any atom is -0.381 e. The molecule has 18 heavy (non-hydrogen) atoms. The molecule has 2 unspecified atom stereocenters. The SMILES string of the molecule is CCC1CCCC(Nc2ccc(C)cc2Br)CC1. The second-order valence-corrected chi connectivity index (χ2v) is 6.46. The highest BCUT2D eigenvalue weighted by Crippen LogP contribution is 2.30. The maximum atomic E-state index is 3.71. The van der Waals surface area contributed by atoms with Gasteiger partial charge in [-0.3, -0.25) is 0 Å². The molecule has 0 aromatic heterocycles. The van der Waals surface area contributed by atoms with Crippen LogP contribution in [0.2, 0.25) is 0 Å². The van der Waals surface area contributed by atoms with Gasteiger partial charge in [-0.2, -0.15) is 0 Å². The molecule has 1 aromatic rings. The zero-order valence-electron chi connectivity index (χ0n) is 11.5. The average Bonchev–Trinajstić information content (AvgIpc) is 2.58. The lowest BCUT2D eigenvalue weighted by Gasteiger charge is -2.19. The molecule has 0 bridgehead atoms.